The Labute approximate surface area is 116 Å². The maximum absolute atomic E-state index is 12.2. The van der Waals surface area contributed by atoms with Crippen molar-refractivity contribution < 1.29 is 4.79 Å². The summed E-state index contributed by atoms with van der Waals surface area (Å²) in [4.78, 5) is 14.2. The summed E-state index contributed by atoms with van der Waals surface area (Å²) in [7, 11) is 0. The topological polar surface area (TPSA) is 46.3 Å². The van der Waals surface area contributed by atoms with Gasteiger partial charge in [-0.3, -0.25) is 4.79 Å². The molecule has 0 atom stereocenters. The van der Waals surface area contributed by atoms with Crippen molar-refractivity contribution in [3.63, 3.8) is 0 Å². The van der Waals surface area contributed by atoms with Gasteiger partial charge in [0.05, 0.1) is 5.54 Å². The molecule has 0 aromatic carbocycles. The summed E-state index contributed by atoms with van der Waals surface area (Å²) in [5, 5.41) is 0. The standard InChI is InChI=1S/C14H24N2O.ClH/c15-14(6-7-14)12(17)16-10-8-13(9-11-16)4-2-1-3-5-13;/h1-11,15H2;1H. The molecule has 1 heterocycles. The van der Waals surface area contributed by atoms with E-state index in [4.69, 9.17) is 5.73 Å². The molecule has 0 unspecified atom stereocenters. The van der Waals surface area contributed by atoms with Gasteiger partial charge < -0.3 is 10.6 Å². The summed E-state index contributed by atoms with van der Waals surface area (Å²) in [6.45, 7) is 1.91. The fourth-order valence-electron chi connectivity index (χ4n) is 3.65. The molecule has 3 aliphatic rings. The average Bonchev–Trinajstić information content (AvgIpc) is 3.10. The van der Waals surface area contributed by atoms with Crippen LogP contribution < -0.4 is 5.73 Å². The summed E-state index contributed by atoms with van der Waals surface area (Å²) in [5.74, 6) is 0.225. The third kappa shape index (κ3) is 2.53. The second kappa shape index (κ2) is 5.01. The van der Waals surface area contributed by atoms with Gasteiger partial charge in [-0.25, -0.2) is 0 Å². The van der Waals surface area contributed by atoms with Crippen LogP contribution in [0.1, 0.15) is 57.8 Å². The van der Waals surface area contributed by atoms with E-state index in [1.165, 1.54) is 44.9 Å². The predicted octanol–water partition coefficient (Wildman–Crippen LogP) is 2.47. The Hall–Kier alpha value is -0.280. The van der Waals surface area contributed by atoms with Crippen LogP contribution in [0.4, 0.5) is 0 Å². The van der Waals surface area contributed by atoms with E-state index in [9.17, 15) is 4.79 Å². The van der Waals surface area contributed by atoms with Crippen LogP contribution in [0.3, 0.4) is 0 Å². The molecule has 0 bridgehead atoms. The molecule has 4 heteroatoms. The molecule has 2 saturated carbocycles. The van der Waals surface area contributed by atoms with E-state index < -0.39 is 5.54 Å². The number of carbonyl (C=O) groups excluding carboxylic acids is 1. The number of halogens is 1. The second-order valence-corrected chi connectivity index (χ2v) is 6.51. The number of piperidine rings is 1. The highest BCUT2D eigenvalue weighted by Crippen LogP contribution is 2.45. The lowest BCUT2D eigenvalue weighted by atomic mass is 9.68. The third-order valence-corrected chi connectivity index (χ3v) is 5.24. The highest BCUT2D eigenvalue weighted by atomic mass is 35.5. The molecule has 3 rings (SSSR count). The normalized spacial score (nSPS) is 28.6. The van der Waals surface area contributed by atoms with Gasteiger partial charge >= 0.3 is 0 Å². The first-order valence-electron chi connectivity index (χ1n) is 7.22. The first-order valence-corrected chi connectivity index (χ1v) is 7.22. The lowest BCUT2D eigenvalue weighted by Crippen LogP contribution is -2.51. The van der Waals surface area contributed by atoms with Crippen LogP contribution >= 0.6 is 12.4 Å². The van der Waals surface area contributed by atoms with E-state index in [0.717, 1.165) is 25.9 Å². The van der Waals surface area contributed by atoms with Gasteiger partial charge in [0, 0.05) is 13.1 Å². The van der Waals surface area contributed by atoms with Crippen molar-refractivity contribution in [2.45, 2.75) is 63.3 Å². The summed E-state index contributed by atoms with van der Waals surface area (Å²) in [5.41, 5.74) is 6.12. The van der Waals surface area contributed by atoms with Crippen LogP contribution in [0.2, 0.25) is 0 Å². The van der Waals surface area contributed by atoms with E-state index in [2.05, 4.69) is 0 Å². The van der Waals surface area contributed by atoms with Crippen LogP contribution in [-0.4, -0.2) is 29.4 Å². The molecule has 1 aliphatic heterocycles. The highest BCUT2D eigenvalue weighted by molar-refractivity contribution is 5.89. The van der Waals surface area contributed by atoms with Gasteiger partial charge in [-0.15, -0.1) is 12.4 Å². The van der Waals surface area contributed by atoms with Gasteiger partial charge in [-0.05, 0) is 43.9 Å². The van der Waals surface area contributed by atoms with E-state index in [-0.39, 0.29) is 18.3 Å². The summed E-state index contributed by atoms with van der Waals surface area (Å²) >= 11 is 0. The zero-order valence-corrected chi connectivity index (χ0v) is 11.9. The Morgan fingerprint density at radius 1 is 0.889 bits per heavy atom. The minimum absolute atomic E-state index is 0. The van der Waals surface area contributed by atoms with E-state index in [1.807, 2.05) is 4.90 Å². The van der Waals surface area contributed by atoms with Crippen LogP contribution in [0.5, 0.6) is 0 Å². The molecular weight excluding hydrogens is 248 g/mol. The number of likely N-dealkylation sites (tertiary alicyclic amines) is 1. The van der Waals surface area contributed by atoms with Gasteiger partial charge in [0.2, 0.25) is 5.91 Å². The Bertz CT molecular complexity index is 312. The minimum Gasteiger partial charge on any atom is -0.341 e. The van der Waals surface area contributed by atoms with Crippen molar-refractivity contribution >= 4 is 18.3 Å². The van der Waals surface area contributed by atoms with Crippen molar-refractivity contribution in [1.82, 2.24) is 4.90 Å². The molecule has 18 heavy (non-hydrogen) atoms. The Kier molecular flexibility index (Phi) is 3.93. The summed E-state index contributed by atoms with van der Waals surface area (Å²) < 4.78 is 0. The van der Waals surface area contributed by atoms with E-state index >= 15 is 0 Å². The predicted molar refractivity (Wildman–Crippen MR) is 74.7 cm³/mol. The van der Waals surface area contributed by atoms with Gasteiger partial charge in [0.15, 0.2) is 0 Å². The molecule has 1 saturated heterocycles. The first-order chi connectivity index (χ1) is 8.14. The van der Waals surface area contributed by atoms with Crippen molar-refractivity contribution in [3.05, 3.63) is 0 Å². The average molecular weight is 273 g/mol. The van der Waals surface area contributed by atoms with Crippen LogP contribution in [-0.2, 0) is 4.79 Å². The molecule has 104 valence electrons. The van der Waals surface area contributed by atoms with Crippen LogP contribution in [0.15, 0.2) is 0 Å². The van der Waals surface area contributed by atoms with Crippen molar-refractivity contribution in [3.8, 4) is 0 Å². The zero-order chi connectivity index (χ0) is 11.9. The highest BCUT2D eigenvalue weighted by Gasteiger charge is 2.49. The molecule has 0 aromatic heterocycles. The second-order valence-electron chi connectivity index (χ2n) is 6.51. The molecule has 0 aromatic rings. The Morgan fingerprint density at radius 3 is 1.94 bits per heavy atom. The number of amides is 1. The number of carbonyl (C=O) groups is 1. The van der Waals surface area contributed by atoms with Crippen LogP contribution in [0.25, 0.3) is 0 Å². The number of rotatable bonds is 1. The number of hydrogen-bond donors (Lipinski definition) is 1. The minimum atomic E-state index is -0.461. The number of nitrogens with two attached hydrogens (primary N) is 1. The molecule has 1 spiro atoms. The lowest BCUT2D eigenvalue weighted by Gasteiger charge is -2.44. The zero-order valence-electron chi connectivity index (χ0n) is 11.1. The molecule has 1 amide bonds. The Morgan fingerprint density at radius 2 is 1.44 bits per heavy atom. The molecule has 0 radical (unpaired) electrons. The van der Waals surface area contributed by atoms with Crippen LogP contribution in [0, 0.1) is 5.41 Å². The van der Waals surface area contributed by atoms with Crippen molar-refractivity contribution in [2.75, 3.05) is 13.1 Å². The quantitative estimate of drug-likeness (QED) is 0.797. The van der Waals surface area contributed by atoms with Crippen molar-refractivity contribution in [2.24, 2.45) is 11.1 Å². The monoisotopic (exact) mass is 272 g/mol. The van der Waals surface area contributed by atoms with Gasteiger partial charge in [-0.1, -0.05) is 19.3 Å². The fourth-order valence-corrected chi connectivity index (χ4v) is 3.65. The first kappa shape index (κ1) is 14.1. The van der Waals surface area contributed by atoms with Gasteiger partial charge in [0.1, 0.15) is 0 Å². The maximum atomic E-state index is 12.2. The lowest BCUT2D eigenvalue weighted by molar-refractivity contribution is -0.136. The molecule has 3 nitrogen and oxygen atoms in total. The SMILES string of the molecule is Cl.NC1(C(=O)N2CCC3(CCCCC3)CC2)CC1. The molecule has 2 aliphatic carbocycles. The fraction of sp³-hybridized carbons (Fsp3) is 0.929. The summed E-state index contributed by atoms with van der Waals surface area (Å²) in [6.07, 6.45) is 11.2. The van der Waals surface area contributed by atoms with Gasteiger partial charge in [-0.2, -0.15) is 0 Å². The molecule has 2 N–H and O–H groups in total. The van der Waals surface area contributed by atoms with E-state index in [1.54, 1.807) is 0 Å². The smallest absolute Gasteiger partial charge is 0.242 e. The molecular formula is C14H25ClN2O. The van der Waals surface area contributed by atoms with Gasteiger partial charge in [0.25, 0.3) is 0 Å². The third-order valence-electron chi connectivity index (χ3n) is 5.24. The largest absolute Gasteiger partial charge is 0.341 e. The maximum Gasteiger partial charge on any atom is 0.242 e. The van der Waals surface area contributed by atoms with Crippen molar-refractivity contribution in [1.29, 1.82) is 0 Å². The number of hydrogen-bond acceptors (Lipinski definition) is 2. The Balaban J connectivity index is 0.00000120. The number of nitrogens with zero attached hydrogens (tertiary/aromatic N) is 1. The molecule has 3 fully saturated rings. The van der Waals surface area contributed by atoms with E-state index in [0.29, 0.717) is 5.41 Å². The summed E-state index contributed by atoms with van der Waals surface area (Å²) in [6, 6.07) is 0.